The number of hydrogen-bond acceptors (Lipinski definition) is 2. The smallest absolute Gasteiger partial charge is 0.159 e. The van der Waals surface area contributed by atoms with Crippen LogP contribution < -0.4 is 0 Å². The molecule has 20 heavy (non-hydrogen) atoms. The lowest BCUT2D eigenvalue weighted by atomic mass is 9.65. The van der Waals surface area contributed by atoms with E-state index in [-0.39, 0.29) is 5.56 Å². The summed E-state index contributed by atoms with van der Waals surface area (Å²) in [5, 5.41) is 20.0. The van der Waals surface area contributed by atoms with Crippen molar-refractivity contribution in [2.75, 3.05) is 0 Å². The molecule has 0 amide bonds. The fraction of sp³-hybridized carbons (Fsp3) is 0.562. The van der Waals surface area contributed by atoms with Crippen LogP contribution in [0.4, 0.5) is 8.78 Å². The molecule has 108 valence electrons. The lowest BCUT2D eigenvalue weighted by molar-refractivity contribution is 0.0183. The van der Waals surface area contributed by atoms with Crippen LogP contribution in [0, 0.1) is 34.3 Å². The van der Waals surface area contributed by atoms with Crippen molar-refractivity contribution in [1.29, 1.82) is 5.26 Å². The van der Waals surface area contributed by atoms with Gasteiger partial charge in [-0.15, -0.1) is 0 Å². The number of halogens is 2. The summed E-state index contributed by atoms with van der Waals surface area (Å²) in [6.45, 7) is 2.07. The monoisotopic (exact) mass is 279 g/mol. The van der Waals surface area contributed by atoms with Crippen molar-refractivity contribution < 1.29 is 13.9 Å². The van der Waals surface area contributed by atoms with Crippen LogP contribution in [-0.2, 0) is 0 Å². The van der Waals surface area contributed by atoms with Crippen LogP contribution >= 0.6 is 0 Å². The van der Waals surface area contributed by atoms with Gasteiger partial charge in [0.1, 0.15) is 0 Å². The molecule has 1 aromatic carbocycles. The highest BCUT2D eigenvalue weighted by Gasteiger charge is 2.43. The molecule has 0 radical (unpaired) electrons. The average molecular weight is 279 g/mol. The zero-order valence-corrected chi connectivity index (χ0v) is 11.6. The molecule has 3 unspecified atom stereocenters. The topological polar surface area (TPSA) is 44.0 Å². The fourth-order valence-electron chi connectivity index (χ4n) is 3.19. The summed E-state index contributed by atoms with van der Waals surface area (Å²) in [4.78, 5) is 0. The highest BCUT2D eigenvalue weighted by atomic mass is 19.2. The summed E-state index contributed by atoms with van der Waals surface area (Å²) >= 11 is 0. The van der Waals surface area contributed by atoms with Crippen molar-refractivity contribution in [3.05, 3.63) is 35.4 Å². The largest absolute Gasteiger partial charge is 0.387 e. The van der Waals surface area contributed by atoms with Gasteiger partial charge in [-0.05, 0) is 36.5 Å². The Hall–Kier alpha value is -1.47. The number of rotatable bonds is 3. The second-order valence-corrected chi connectivity index (χ2v) is 5.71. The standard InChI is InChI=1S/C16H19F2NO/c1-2-11-4-3-7-16(9-11,10-19)15(20)12-5-6-13(17)14(18)8-12/h5-6,8,11,15,20H,2-4,7,9H2,1H3. The summed E-state index contributed by atoms with van der Waals surface area (Å²) in [5.41, 5.74) is -0.606. The maximum Gasteiger partial charge on any atom is 0.159 e. The van der Waals surface area contributed by atoms with Gasteiger partial charge in [0.05, 0.1) is 17.6 Å². The van der Waals surface area contributed by atoms with E-state index in [0.717, 1.165) is 31.4 Å². The molecule has 0 saturated heterocycles. The van der Waals surface area contributed by atoms with Crippen molar-refractivity contribution >= 4 is 0 Å². The molecular weight excluding hydrogens is 260 g/mol. The lowest BCUT2D eigenvalue weighted by Crippen LogP contribution is -2.33. The number of nitrogens with zero attached hydrogens (tertiary/aromatic N) is 1. The predicted molar refractivity (Wildman–Crippen MR) is 71.6 cm³/mol. The molecule has 3 atom stereocenters. The fourth-order valence-corrected chi connectivity index (χ4v) is 3.19. The maximum atomic E-state index is 13.3. The normalized spacial score (nSPS) is 27.9. The second kappa shape index (κ2) is 5.88. The number of benzene rings is 1. The molecule has 0 bridgehead atoms. The van der Waals surface area contributed by atoms with Crippen LogP contribution in [0.3, 0.4) is 0 Å². The zero-order valence-electron chi connectivity index (χ0n) is 11.6. The second-order valence-electron chi connectivity index (χ2n) is 5.71. The molecule has 1 aliphatic rings. The quantitative estimate of drug-likeness (QED) is 0.905. The molecule has 1 saturated carbocycles. The van der Waals surface area contributed by atoms with E-state index in [1.165, 1.54) is 6.07 Å². The minimum atomic E-state index is -1.07. The molecule has 2 rings (SSSR count). The first-order valence-electron chi connectivity index (χ1n) is 7.06. The van der Waals surface area contributed by atoms with E-state index >= 15 is 0 Å². The molecule has 0 aliphatic heterocycles. The molecule has 4 heteroatoms. The van der Waals surface area contributed by atoms with E-state index in [1.54, 1.807) is 0 Å². The first-order valence-corrected chi connectivity index (χ1v) is 7.06. The van der Waals surface area contributed by atoms with Gasteiger partial charge in [0.2, 0.25) is 0 Å². The highest BCUT2D eigenvalue weighted by Crippen LogP contribution is 2.48. The van der Waals surface area contributed by atoms with Crippen LogP contribution in [0.1, 0.15) is 50.7 Å². The van der Waals surface area contributed by atoms with E-state index in [9.17, 15) is 19.1 Å². The SMILES string of the molecule is CCC1CCCC(C#N)(C(O)c2ccc(F)c(F)c2)C1. The first-order chi connectivity index (χ1) is 9.52. The van der Waals surface area contributed by atoms with E-state index < -0.39 is 23.2 Å². The van der Waals surface area contributed by atoms with Crippen LogP contribution in [0.15, 0.2) is 18.2 Å². The van der Waals surface area contributed by atoms with Crippen molar-refractivity contribution in [2.24, 2.45) is 11.3 Å². The third-order valence-corrected chi connectivity index (χ3v) is 4.47. The van der Waals surface area contributed by atoms with E-state index in [0.29, 0.717) is 18.8 Å². The minimum Gasteiger partial charge on any atom is -0.387 e. The van der Waals surface area contributed by atoms with Crippen LogP contribution in [0.2, 0.25) is 0 Å². The van der Waals surface area contributed by atoms with Crippen molar-refractivity contribution in [3.8, 4) is 6.07 Å². The number of nitriles is 1. The van der Waals surface area contributed by atoms with Crippen molar-refractivity contribution in [1.82, 2.24) is 0 Å². The molecule has 0 spiro atoms. The van der Waals surface area contributed by atoms with E-state index in [2.05, 4.69) is 13.0 Å². The summed E-state index contributed by atoms with van der Waals surface area (Å²) in [6.07, 6.45) is 3.04. The predicted octanol–water partition coefficient (Wildman–Crippen LogP) is 4.11. The van der Waals surface area contributed by atoms with Crippen LogP contribution in [0.25, 0.3) is 0 Å². The molecule has 1 aromatic rings. The number of hydrogen-bond donors (Lipinski definition) is 1. The summed E-state index contributed by atoms with van der Waals surface area (Å²) in [5.74, 6) is -1.53. The summed E-state index contributed by atoms with van der Waals surface area (Å²) in [6, 6.07) is 5.60. The van der Waals surface area contributed by atoms with Gasteiger partial charge in [0.25, 0.3) is 0 Å². The Balaban J connectivity index is 2.30. The van der Waals surface area contributed by atoms with Gasteiger partial charge < -0.3 is 5.11 Å². The average Bonchev–Trinajstić information content (AvgIpc) is 2.49. The van der Waals surface area contributed by atoms with Gasteiger partial charge in [-0.2, -0.15) is 5.26 Å². The Morgan fingerprint density at radius 3 is 2.80 bits per heavy atom. The summed E-state index contributed by atoms with van der Waals surface area (Å²) in [7, 11) is 0. The minimum absolute atomic E-state index is 0.280. The Morgan fingerprint density at radius 2 is 2.20 bits per heavy atom. The van der Waals surface area contributed by atoms with E-state index in [1.807, 2.05) is 0 Å². The Kier molecular flexibility index (Phi) is 4.39. The lowest BCUT2D eigenvalue weighted by Gasteiger charge is -2.39. The third-order valence-electron chi connectivity index (χ3n) is 4.47. The Labute approximate surface area is 118 Å². The van der Waals surface area contributed by atoms with E-state index in [4.69, 9.17) is 0 Å². The molecule has 1 N–H and O–H groups in total. The maximum absolute atomic E-state index is 13.3. The number of aliphatic hydroxyl groups is 1. The molecule has 0 heterocycles. The van der Waals surface area contributed by atoms with Crippen molar-refractivity contribution in [3.63, 3.8) is 0 Å². The molecule has 2 nitrogen and oxygen atoms in total. The molecule has 0 aromatic heterocycles. The van der Waals surface area contributed by atoms with Gasteiger partial charge in [-0.1, -0.05) is 32.3 Å². The van der Waals surface area contributed by atoms with Gasteiger partial charge in [-0.3, -0.25) is 0 Å². The molecular formula is C16H19F2NO. The first kappa shape index (κ1) is 14.9. The van der Waals surface area contributed by atoms with Gasteiger partial charge in [0, 0.05) is 0 Å². The highest BCUT2D eigenvalue weighted by molar-refractivity contribution is 5.25. The van der Waals surface area contributed by atoms with Gasteiger partial charge in [-0.25, -0.2) is 8.78 Å². The Morgan fingerprint density at radius 1 is 1.45 bits per heavy atom. The Bertz CT molecular complexity index is 526. The number of aliphatic hydroxyl groups excluding tert-OH is 1. The van der Waals surface area contributed by atoms with Crippen LogP contribution in [0.5, 0.6) is 0 Å². The third kappa shape index (κ3) is 2.69. The molecule has 1 fully saturated rings. The van der Waals surface area contributed by atoms with Crippen molar-refractivity contribution in [2.45, 2.75) is 45.1 Å². The van der Waals surface area contributed by atoms with Gasteiger partial charge >= 0.3 is 0 Å². The van der Waals surface area contributed by atoms with Gasteiger partial charge in [0.15, 0.2) is 11.6 Å². The summed E-state index contributed by atoms with van der Waals surface area (Å²) < 4.78 is 26.3. The molecule has 1 aliphatic carbocycles. The van der Waals surface area contributed by atoms with Crippen LogP contribution in [-0.4, -0.2) is 5.11 Å². The zero-order chi connectivity index (χ0) is 14.8.